The molecule has 0 aliphatic rings. The molecule has 0 aliphatic heterocycles. The summed E-state index contributed by atoms with van der Waals surface area (Å²) in [5.41, 5.74) is 1.27. The molecule has 23 heavy (non-hydrogen) atoms. The monoisotopic (exact) mass is 382 g/mol. The molecule has 1 heterocycles. The second-order valence-corrected chi connectivity index (χ2v) is 6.17. The van der Waals surface area contributed by atoms with Crippen LogP contribution in [0.4, 0.5) is 4.39 Å². The van der Waals surface area contributed by atoms with Crippen molar-refractivity contribution in [2.24, 2.45) is 7.05 Å². The first-order valence-electron chi connectivity index (χ1n) is 7.34. The molecule has 0 spiro atoms. The van der Waals surface area contributed by atoms with E-state index in [0.717, 1.165) is 10.0 Å². The lowest BCUT2D eigenvalue weighted by Gasteiger charge is -2.26. The fourth-order valence-electron chi connectivity index (χ4n) is 2.42. The molecule has 1 unspecified atom stereocenters. The first-order valence-corrected chi connectivity index (χ1v) is 8.14. The highest BCUT2D eigenvalue weighted by Gasteiger charge is 2.25. The average Bonchev–Trinajstić information content (AvgIpc) is 2.95. The Labute approximate surface area is 143 Å². The Morgan fingerprint density at radius 2 is 2.26 bits per heavy atom. The smallest absolute Gasteiger partial charge is 0.244 e. The van der Waals surface area contributed by atoms with Crippen LogP contribution >= 0.6 is 15.9 Å². The van der Waals surface area contributed by atoms with Crippen molar-refractivity contribution in [3.8, 4) is 0 Å². The van der Waals surface area contributed by atoms with Gasteiger partial charge in [-0.15, -0.1) is 0 Å². The third-order valence-corrected chi connectivity index (χ3v) is 4.15. The maximum atomic E-state index is 14.0. The normalized spacial score (nSPS) is 12.2. The molecule has 0 radical (unpaired) electrons. The molecule has 0 aliphatic carbocycles. The first-order chi connectivity index (χ1) is 11.0. The predicted molar refractivity (Wildman–Crippen MR) is 90.2 cm³/mol. The lowest BCUT2D eigenvalue weighted by molar-refractivity contribution is -0.134. The summed E-state index contributed by atoms with van der Waals surface area (Å²) < 4.78 is 16.4. The second-order valence-electron chi connectivity index (χ2n) is 5.26. The summed E-state index contributed by atoms with van der Waals surface area (Å²) in [7, 11) is 3.53. The van der Waals surface area contributed by atoms with E-state index in [2.05, 4.69) is 26.3 Å². The van der Waals surface area contributed by atoms with E-state index in [0.29, 0.717) is 12.1 Å². The molecule has 1 atom stereocenters. The van der Waals surface area contributed by atoms with Crippen molar-refractivity contribution in [3.05, 3.63) is 52.0 Å². The van der Waals surface area contributed by atoms with Gasteiger partial charge in [-0.1, -0.05) is 15.9 Å². The van der Waals surface area contributed by atoms with Gasteiger partial charge in [0.25, 0.3) is 0 Å². The summed E-state index contributed by atoms with van der Waals surface area (Å²) in [5, 5.41) is 7.11. The van der Waals surface area contributed by atoms with E-state index in [4.69, 9.17) is 0 Å². The summed E-state index contributed by atoms with van der Waals surface area (Å²) in [5.74, 6) is -0.427. The topological polar surface area (TPSA) is 50.2 Å². The molecule has 1 aromatic carbocycles. The molecule has 2 aromatic rings. The number of rotatable bonds is 6. The number of aromatic nitrogens is 2. The maximum Gasteiger partial charge on any atom is 0.244 e. The minimum Gasteiger partial charge on any atom is -0.337 e. The van der Waals surface area contributed by atoms with Gasteiger partial charge in [0.05, 0.1) is 6.20 Å². The first kappa shape index (κ1) is 17.6. The van der Waals surface area contributed by atoms with Crippen LogP contribution in [-0.4, -0.2) is 34.2 Å². The number of carbonyl (C=O) groups excluding carboxylic acids is 1. The number of hydrogen-bond donors (Lipinski definition) is 1. The molecule has 7 heteroatoms. The van der Waals surface area contributed by atoms with Gasteiger partial charge in [-0.25, -0.2) is 4.39 Å². The Morgan fingerprint density at radius 1 is 1.52 bits per heavy atom. The van der Waals surface area contributed by atoms with E-state index < -0.39 is 6.04 Å². The SMILES string of the molecule is CCN(Cc1cc(Br)ccc1F)C(=O)C(NC)c1cnn(C)c1. The van der Waals surface area contributed by atoms with Gasteiger partial charge in [-0.2, -0.15) is 5.10 Å². The molecular formula is C16H20BrFN4O. The molecule has 124 valence electrons. The Bertz CT molecular complexity index is 688. The van der Waals surface area contributed by atoms with Crippen LogP contribution in [0, 0.1) is 5.82 Å². The van der Waals surface area contributed by atoms with Crippen molar-refractivity contribution in [2.45, 2.75) is 19.5 Å². The van der Waals surface area contributed by atoms with Gasteiger partial charge in [0.2, 0.25) is 5.91 Å². The molecule has 0 fully saturated rings. The number of hydrogen-bond acceptors (Lipinski definition) is 3. The zero-order valence-electron chi connectivity index (χ0n) is 13.4. The Hall–Kier alpha value is -1.73. The Morgan fingerprint density at radius 3 is 2.83 bits per heavy atom. The molecule has 0 bridgehead atoms. The van der Waals surface area contributed by atoms with Gasteiger partial charge < -0.3 is 10.2 Å². The molecule has 0 saturated carbocycles. The van der Waals surface area contributed by atoms with Gasteiger partial charge >= 0.3 is 0 Å². The lowest BCUT2D eigenvalue weighted by Crippen LogP contribution is -2.39. The van der Waals surface area contributed by atoms with Crippen molar-refractivity contribution < 1.29 is 9.18 Å². The van der Waals surface area contributed by atoms with E-state index in [1.807, 2.05) is 6.92 Å². The molecule has 1 amide bonds. The number of nitrogens with one attached hydrogen (secondary N) is 1. The van der Waals surface area contributed by atoms with E-state index >= 15 is 0 Å². The standard InChI is InChI=1S/C16H20BrFN4O/c1-4-22(10-11-7-13(17)5-6-14(11)18)16(23)15(19-2)12-8-20-21(3)9-12/h5-9,15,19H,4,10H2,1-3H3. The van der Waals surface area contributed by atoms with Crippen molar-refractivity contribution in [1.82, 2.24) is 20.0 Å². The van der Waals surface area contributed by atoms with Crippen LogP contribution in [0.15, 0.2) is 35.1 Å². The minimum absolute atomic E-state index is 0.109. The molecule has 5 nitrogen and oxygen atoms in total. The molecule has 1 aromatic heterocycles. The minimum atomic E-state index is -0.501. The van der Waals surface area contributed by atoms with Crippen molar-refractivity contribution in [1.29, 1.82) is 0 Å². The summed E-state index contributed by atoms with van der Waals surface area (Å²) >= 11 is 3.33. The van der Waals surface area contributed by atoms with Gasteiger partial charge in [0.1, 0.15) is 11.9 Å². The van der Waals surface area contributed by atoms with E-state index in [1.165, 1.54) is 6.07 Å². The average molecular weight is 383 g/mol. The third kappa shape index (κ3) is 4.17. The van der Waals surface area contributed by atoms with Gasteiger partial charge in [0, 0.05) is 41.9 Å². The summed E-state index contributed by atoms with van der Waals surface area (Å²) in [6.45, 7) is 2.59. The van der Waals surface area contributed by atoms with Crippen LogP contribution in [0.1, 0.15) is 24.1 Å². The third-order valence-electron chi connectivity index (χ3n) is 3.66. The molecular weight excluding hydrogens is 363 g/mol. The highest BCUT2D eigenvalue weighted by Crippen LogP contribution is 2.20. The largest absolute Gasteiger partial charge is 0.337 e. The Balaban J connectivity index is 2.21. The molecule has 1 N–H and O–H groups in total. The van der Waals surface area contributed by atoms with Gasteiger partial charge in [0.15, 0.2) is 0 Å². The molecule has 2 rings (SSSR count). The van der Waals surface area contributed by atoms with Crippen molar-refractivity contribution in [2.75, 3.05) is 13.6 Å². The highest BCUT2D eigenvalue weighted by atomic mass is 79.9. The zero-order valence-corrected chi connectivity index (χ0v) is 15.0. The Kier molecular flexibility index (Phi) is 5.90. The van der Waals surface area contributed by atoms with Crippen LogP contribution < -0.4 is 5.32 Å². The zero-order chi connectivity index (χ0) is 17.0. The van der Waals surface area contributed by atoms with Gasteiger partial charge in [-0.3, -0.25) is 9.48 Å². The summed E-state index contributed by atoms with van der Waals surface area (Å²) in [4.78, 5) is 14.4. The quantitative estimate of drug-likeness (QED) is 0.835. The maximum absolute atomic E-state index is 14.0. The van der Waals surface area contributed by atoms with Gasteiger partial charge in [-0.05, 0) is 32.2 Å². The van der Waals surface area contributed by atoms with Crippen LogP contribution in [0.3, 0.4) is 0 Å². The number of aryl methyl sites for hydroxylation is 1. The lowest BCUT2D eigenvalue weighted by atomic mass is 10.1. The predicted octanol–water partition coefficient (Wildman–Crippen LogP) is 2.63. The number of nitrogens with zero attached hydrogens (tertiary/aromatic N) is 3. The van der Waals surface area contributed by atoms with E-state index in [9.17, 15) is 9.18 Å². The second kappa shape index (κ2) is 7.70. The summed E-state index contributed by atoms with van der Waals surface area (Å²) in [6.07, 6.45) is 3.46. The van der Waals surface area contributed by atoms with E-state index in [-0.39, 0.29) is 18.3 Å². The van der Waals surface area contributed by atoms with E-state index in [1.54, 1.807) is 48.2 Å². The summed E-state index contributed by atoms with van der Waals surface area (Å²) in [6, 6.07) is 4.24. The van der Waals surface area contributed by atoms with Crippen LogP contribution in [0.2, 0.25) is 0 Å². The van der Waals surface area contributed by atoms with Crippen molar-refractivity contribution >= 4 is 21.8 Å². The number of halogens is 2. The highest BCUT2D eigenvalue weighted by molar-refractivity contribution is 9.10. The fourth-order valence-corrected chi connectivity index (χ4v) is 2.83. The molecule has 0 saturated heterocycles. The van der Waals surface area contributed by atoms with Crippen LogP contribution in [0.25, 0.3) is 0 Å². The number of amides is 1. The number of benzene rings is 1. The van der Waals surface area contributed by atoms with Crippen LogP contribution in [-0.2, 0) is 18.4 Å². The number of carbonyl (C=O) groups is 1. The number of likely N-dealkylation sites (N-methyl/N-ethyl adjacent to an activating group) is 2. The fraction of sp³-hybridized carbons (Fsp3) is 0.375. The van der Waals surface area contributed by atoms with Crippen molar-refractivity contribution in [3.63, 3.8) is 0 Å². The van der Waals surface area contributed by atoms with Crippen LogP contribution in [0.5, 0.6) is 0 Å².